The Morgan fingerprint density at radius 3 is 2.89 bits per heavy atom. The maximum atomic E-state index is 12.3. The molecule has 0 aliphatic carbocycles. The zero-order valence-corrected chi connectivity index (χ0v) is 15.6. The monoisotopic (exact) mass is 374 g/mol. The van der Waals surface area contributed by atoms with Crippen LogP contribution in [0.5, 0.6) is 5.75 Å². The maximum Gasteiger partial charge on any atom is 0.250 e. The number of anilines is 1. The van der Waals surface area contributed by atoms with Gasteiger partial charge in [0.1, 0.15) is 5.75 Å². The Kier molecular flexibility index (Phi) is 4.85. The number of nitrogens with zero attached hydrogens (tertiary/aromatic N) is 1. The average Bonchev–Trinajstić information content (AvgIpc) is 3.08. The van der Waals surface area contributed by atoms with Crippen molar-refractivity contribution in [2.45, 2.75) is 6.92 Å². The molecule has 1 amide bonds. The standard InChI is InChI=1S/C22H18N2O2S/c1-2-26-17-11-12-19-20(14-17)27-22(23-19)24-21(25)13-10-16-8-5-7-15-6-3-4-9-18(15)16/h3-14H,2H2,1H3,(H,23,24,25)/b13-10+. The molecule has 0 aliphatic rings. The van der Waals surface area contributed by atoms with Gasteiger partial charge in [-0.2, -0.15) is 0 Å². The normalized spacial score (nSPS) is 11.3. The number of ether oxygens (including phenoxy) is 1. The first-order valence-corrected chi connectivity index (χ1v) is 9.55. The number of nitrogens with one attached hydrogen (secondary N) is 1. The van der Waals surface area contributed by atoms with Crippen molar-refractivity contribution in [1.29, 1.82) is 0 Å². The number of hydrogen-bond acceptors (Lipinski definition) is 4. The Labute approximate surface area is 161 Å². The van der Waals surface area contributed by atoms with Gasteiger partial charge in [0, 0.05) is 6.08 Å². The van der Waals surface area contributed by atoms with E-state index >= 15 is 0 Å². The van der Waals surface area contributed by atoms with Crippen LogP contribution in [0, 0.1) is 0 Å². The van der Waals surface area contributed by atoms with Gasteiger partial charge in [-0.15, -0.1) is 0 Å². The second-order valence-electron chi connectivity index (χ2n) is 5.97. The molecule has 1 N–H and O–H groups in total. The third-order valence-corrected chi connectivity index (χ3v) is 5.07. The number of rotatable bonds is 5. The molecule has 1 aromatic heterocycles. The zero-order valence-electron chi connectivity index (χ0n) is 14.8. The van der Waals surface area contributed by atoms with Gasteiger partial charge < -0.3 is 4.74 Å². The van der Waals surface area contributed by atoms with Crippen LogP contribution in [-0.4, -0.2) is 17.5 Å². The van der Waals surface area contributed by atoms with Crippen molar-refractivity contribution >= 4 is 49.4 Å². The Hall–Kier alpha value is -3.18. The molecule has 1 heterocycles. The zero-order chi connectivity index (χ0) is 18.6. The molecule has 5 heteroatoms. The third-order valence-electron chi connectivity index (χ3n) is 4.14. The number of hydrogen-bond donors (Lipinski definition) is 1. The third kappa shape index (κ3) is 3.83. The van der Waals surface area contributed by atoms with Crippen molar-refractivity contribution in [3.8, 4) is 5.75 Å². The fourth-order valence-electron chi connectivity index (χ4n) is 2.92. The number of aromatic nitrogens is 1. The first-order valence-electron chi connectivity index (χ1n) is 8.73. The minimum absolute atomic E-state index is 0.202. The van der Waals surface area contributed by atoms with Gasteiger partial charge in [-0.05, 0) is 47.5 Å². The molecular formula is C22H18N2O2S. The van der Waals surface area contributed by atoms with Crippen LogP contribution < -0.4 is 10.1 Å². The van der Waals surface area contributed by atoms with E-state index in [4.69, 9.17) is 4.74 Å². The van der Waals surface area contributed by atoms with E-state index in [-0.39, 0.29) is 5.91 Å². The molecule has 0 radical (unpaired) electrons. The molecule has 0 saturated heterocycles. The van der Waals surface area contributed by atoms with Gasteiger partial charge >= 0.3 is 0 Å². The van der Waals surface area contributed by atoms with Gasteiger partial charge in [0.15, 0.2) is 5.13 Å². The lowest BCUT2D eigenvalue weighted by molar-refractivity contribution is -0.111. The minimum Gasteiger partial charge on any atom is -0.494 e. The van der Waals surface area contributed by atoms with Crippen LogP contribution in [0.15, 0.2) is 66.7 Å². The summed E-state index contributed by atoms with van der Waals surface area (Å²) in [5, 5.41) is 5.68. The summed E-state index contributed by atoms with van der Waals surface area (Å²) in [6.45, 7) is 2.57. The summed E-state index contributed by atoms with van der Waals surface area (Å²) >= 11 is 1.43. The van der Waals surface area contributed by atoms with Gasteiger partial charge in [0.2, 0.25) is 5.91 Å². The van der Waals surface area contributed by atoms with Crippen LogP contribution >= 0.6 is 11.3 Å². The van der Waals surface area contributed by atoms with Crippen molar-refractivity contribution in [2.75, 3.05) is 11.9 Å². The van der Waals surface area contributed by atoms with Crippen molar-refractivity contribution in [3.05, 3.63) is 72.3 Å². The fourth-order valence-corrected chi connectivity index (χ4v) is 3.82. The van der Waals surface area contributed by atoms with Crippen molar-refractivity contribution in [3.63, 3.8) is 0 Å². The van der Waals surface area contributed by atoms with Crippen LogP contribution in [0.1, 0.15) is 12.5 Å². The topological polar surface area (TPSA) is 51.2 Å². The van der Waals surface area contributed by atoms with E-state index in [0.29, 0.717) is 11.7 Å². The van der Waals surface area contributed by atoms with Gasteiger partial charge in [0.25, 0.3) is 0 Å². The molecule has 0 saturated carbocycles. The molecule has 4 rings (SSSR count). The summed E-state index contributed by atoms with van der Waals surface area (Å²) in [5.74, 6) is 0.606. The minimum atomic E-state index is -0.202. The molecular weight excluding hydrogens is 356 g/mol. The highest BCUT2D eigenvalue weighted by Gasteiger charge is 2.07. The predicted molar refractivity (Wildman–Crippen MR) is 112 cm³/mol. The van der Waals surface area contributed by atoms with Gasteiger partial charge in [-0.1, -0.05) is 53.8 Å². The number of carbonyl (C=O) groups excluding carboxylic acids is 1. The van der Waals surface area contributed by atoms with Gasteiger partial charge in [-0.3, -0.25) is 10.1 Å². The predicted octanol–water partition coefficient (Wildman–Crippen LogP) is 5.50. The lowest BCUT2D eigenvalue weighted by Gasteiger charge is -2.01. The van der Waals surface area contributed by atoms with Crippen LogP contribution in [0.2, 0.25) is 0 Å². The molecule has 0 aliphatic heterocycles. The van der Waals surface area contributed by atoms with E-state index < -0.39 is 0 Å². The average molecular weight is 374 g/mol. The van der Waals surface area contributed by atoms with Crippen LogP contribution in [0.3, 0.4) is 0 Å². The van der Waals surface area contributed by atoms with E-state index in [0.717, 1.165) is 32.3 Å². The molecule has 3 aromatic carbocycles. The molecule has 0 bridgehead atoms. The summed E-state index contributed by atoms with van der Waals surface area (Å²) in [5.41, 5.74) is 1.85. The summed E-state index contributed by atoms with van der Waals surface area (Å²) in [7, 11) is 0. The lowest BCUT2D eigenvalue weighted by atomic mass is 10.0. The molecule has 0 atom stereocenters. The van der Waals surface area contributed by atoms with Crippen LogP contribution in [0.25, 0.3) is 27.1 Å². The van der Waals surface area contributed by atoms with E-state index in [1.54, 1.807) is 6.08 Å². The van der Waals surface area contributed by atoms with Crippen molar-refractivity contribution in [1.82, 2.24) is 4.98 Å². The Morgan fingerprint density at radius 1 is 1.15 bits per heavy atom. The van der Waals surface area contributed by atoms with Gasteiger partial charge in [-0.25, -0.2) is 4.98 Å². The molecule has 0 fully saturated rings. The summed E-state index contributed by atoms with van der Waals surface area (Å²) in [4.78, 5) is 16.8. The summed E-state index contributed by atoms with van der Waals surface area (Å²) in [6.07, 6.45) is 3.37. The summed E-state index contributed by atoms with van der Waals surface area (Å²) < 4.78 is 6.49. The van der Waals surface area contributed by atoms with Gasteiger partial charge in [0.05, 0.1) is 16.8 Å². The smallest absolute Gasteiger partial charge is 0.250 e. The highest BCUT2D eigenvalue weighted by Crippen LogP contribution is 2.29. The number of amides is 1. The molecule has 0 spiro atoms. The molecule has 4 nitrogen and oxygen atoms in total. The lowest BCUT2D eigenvalue weighted by Crippen LogP contribution is -2.07. The Bertz CT molecular complexity index is 1140. The molecule has 27 heavy (non-hydrogen) atoms. The summed E-state index contributed by atoms with van der Waals surface area (Å²) in [6, 6.07) is 19.9. The molecule has 4 aromatic rings. The second-order valence-corrected chi connectivity index (χ2v) is 7.00. The van der Waals surface area contributed by atoms with Crippen molar-refractivity contribution in [2.24, 2.45) is 0 Å². The Balaban J connectivity index is 1.52. The largest absolute Gasteiger partial charge is 0.494 e. The Morgan fingerprint density at radius 2 is 2.00 bits per heavy atom. The number of thiazole rings is 1. The van der Waals surface area contributed by atoms with E-state index in [9.17, 15) is 4.79 Å². The second kappa shape index (κ2) is 7.60. The quantitative estimate of drug-likeness (QED) is 0.469. The highest BCUT2D eigenvalue weighted by atomic mass is 32.1. The maximum absolute atomic E-state index is 12.3. The number of fused-ring (bicyclic) bond motifs is 2. The van der Waals surface area contributed by atoms with E-state index in [1.807, 2.05) is 55.5 Å². The highest BCUT2D eigenvalue weighted by molar-refractivity contribution is 7.22. The van der Waals surface area contributed by atoms with Crippen LogP contribution in [0.4, 0.5) is 5.13 Å². The van der Waals surface area contributed by atoms with E-state index in [1.165, 1.54) is 11.3 Å². The number of benzene rings is 3. The van der Waals surface area contributed by atoms with Crippen molar-refractivity contribution < 1.29 is 9.53 Å². The molecule has 134 valence electrons. The first-order chi connectivity index (χ1) is 13.2. The first kappa shape index (κ1) is 17.2. The fraction of sp³-hybridized carbons (Fsp3) is 0.0909. The van der Waals surface area contributed by atoms with E-state index in [2.05, 4.69) is 28.5 Å². The SMILES string of the molecule is CCOc1ccc2nc(NC(=O)/C=C/c3cccc4ccccc34)sc2c1. The molecule has 0 unspecified atom stereocenters. The number of carbonyl (C=O) groups is 1. The van der Waals surface area contributed by atoms with Crippen LogP contribution in [-0.2, 0) is 4.79 Å².